The van der Waals surface area contributed by atoms with Crippen LogP contribution in [0.15, 0.2) is 12.3 Å². The standard InChI is InChI=1S/C14H27N3/c1-3-5-6-7-8-9-12-17-14(10-11-16-17)13-15-4-2/h10-11,15H,3-9,12-13H2,1-2H3. The van der Waals surface area contributed by atoms with E-state index in [1.165, 1.54) is 44.2 Å². The Labute approximate surface area is 106 Å². The fourth-order valence-electron chi connectivity index (χ4n) is 2.01. The van der Waals surface area contributed by atoms with Crippen molar-refractivity contribution in [3.8, 4) is 0 Å². The summed E-state index contributed by atoms with van der Waals surface area (Å²) in [7, 11) is 0. The van der Waals surface area contributed by atoms with Gasteiger partial charge in [0.15, 0.2) is 0 Å². The van der Waals surface area contributed by atoms with Gasteiger partial charge in [0, 0.05) is 19.3 Å². The summed E-state index contributed by atoms with van der Waals surface area (Å²) in [6.45, 7) is 7.42. The quantitative estimate of drug-likeness (QED) is 0.632. The SMILES string of the molecule is CCCCCCCCn1nccc1CNCC. The smallest absolute Gasteiger partial charge is 0.0522 e. The molecule has 0 spiro atoms. The van der Waals surface area contributed by atoms with E-state index in [2.05, 4.69) is 35.0 Å². The maximum atomic E-state index is 4.38. The lowest BCUT2D eigenvalue weighted by Gasteiger charge is -2.07. The van der Waals surface area contributed by atoms with Gasteiger partial charge in [-0.3, -0.25) is 4.68 Å². The Morgan fingerprint density at radius 3 is 2.65 bits per heavy atom. The zero-order chi connectivity index (χ0) is 12.3. The lowest BCUT2D eigenvalue weighted by atomic mass is 10.1. The molecule has 0 aliphatic heterocycles. The first kappa shape index (κ1) is 14.2. The number of nitrogens with zero attached hydrogens (tertiary/aromatic N) is 2. The van der Waals surface area contributed by atoms with Gasteiger partial charge in [0.1, 0.15) is 0 Å². The molecule has 0 aliphatic rings. The Hall–Kier alpha value is -0.830. The number of hydrogen-bond acceptors (Lipinski definition) is 2. The van der Waals surface area contributed by atoms with Crippen LogP contribution in [0.5, 0.6) is 0 Å². The first-order valence-corrected chi connectivity index (χ1v) is 7.09. The van der Waals surface area contributed by atoms with E-state index in [0.29, 0.717) is 0 Å². The van der Waals surface area contributed by atoms with Gasteiger partial charge in [-0.1, -0.05) is 46.0 Å². The molecule has 3 nitrogen and oxygen atoms in total. The van der Waals surface area contributed by atoms with Crippen molar-refractivity contribution in [3.05, 3.63) is 18.0 Å². The fourth-order valence-corrected chi connectivity index (χ4v) is 2.01. The number of aryl methyl sites for hydroxylation is 1. The van der Waals surface area contributed by atoms with Crippen molar-refractivity contribution in [2.75, 3.05) is 6.54 Å². The van der Waals surface area contributed by atoms with Crippen molar-refractivity contribution >= 4 is 0 Å². The lowest BCUT2D eigenvalue weighted by Crippen LogP contribution is -2.16. The summed E-state index contributed by atoms with van der Waals surface area (Å²) < 4.78 is 2.14. The van der Waals surface area contributed by atoms with E-state index in [-0.39, 0.29) is 0 Å². The topological polar surface area (TPSA) is 29.9 Å². The van der Waals surface area contributed by atoms with Crippen molar-refractivity contribution in [3.63, 3.8) is 0 Å². The normalized spacial score (nSPS) is 10.9. The molecule has 0 saturated carbocycles. The van der Waals surface area contributed by atoms with Crippen LogP contribution in [0.3, 0.4) is 0 Å². The largest absolute Gasteiger partial charge is 0.311 e. The van der Waals surface area contributed by atoms with Gasteiger partial charge in [-0.25, -0.2) is 0 Å². The second-order valence-electron chi connectivity index (χ2n) is 4.59. The number of rotatable bonds is 10. The van der Waals surface area contributed by atoms with Crippen LogP contribution < -0.4 is 5.32 Å². The number of hydrogen-bond donors (Lipinski definition) is 1. The second kappa shape index (κ2) is 9.23. The van der Waals surface area contributed by atoms with Gasteiger partial charge in [0.25, 0.3) is 0 Å². The van der Waals surface area contributed by atoms with Crippen molar-refractivity contribution < 1.29 is 0 Å². The molecule has 0 aromatic carbocycles. The average molecular weight is 237 g/mol. The molecule has 0 bridgehead atoms. The van der Waals surface area contributed by atoms with E-state index in [9.17, 15) is 0 Å². The van der Waals surface area contributed by atoms with E-state index >= 15 is 0 Å². The van der Waals surface area contributed by atoms with Crippen molar-refractivity contribution in [2.24, 2.45) is 0 Å². The highest BCUT2D eigenvalue weighted by Crippen LogP contribution is 2.07. The zero-order valence-electron chi connectivity index (χ0n) is 11.4. The maximum Gasteiger partial charge on any atom is 0.0522 e. The maximum absolute atomic E-state index is 4.38. The summed E-state index contributed by atoms with van der Waals surface area (Å²) in [5, 5.41) is 7.73. The molecule has 0 radical (unpaired) electrons. The van der Waals surface area contributed by atoms with Gasteiger partial charge in [-0.05, 0) is 19.0 Å². The van der Waals surface area contributed by atoms with Crippen LogP contribution in [-0.4, -0.2) is 16.3 Å². The summed E-state index contributed by atoms with van der Waals surface area (Å²) >= 11 is 0. The van der Waals surface area contributed by atoms with Crippen LogP contribution in [0.25, 0.3) is 0 Å². The van der Waals surface area contributed by atoms with Gasteiger partial charge in [-0.2, -0.15) is 5.10 Å². The molecule has 0 amide bonds. The highest BCUT2D eigenvalue weighted by molar-refractivity contribution is 4.99. The summed E-state index contributed by atoms with van der Waals surface area (Å²) in [5.41, 5.74) is 1.31. The fraction of sp³-hybridized carbons (Fsp3) is 0.786. The minimum absolute atomic E-state index is 0.937. The molecule has 0 saturated heterocycles. The highest BCUT2D eigenvalue weighted by atomic mass is 15.3. The van der Waals surface area contributed by atoms with Crippen LogP contribution in [0.2, 0.25) is 0 Å². The van der Waals surface area contributed by atoms with E-state index in [1.54, 1.807) is 0 Å². The first-order valence-electron chi connectivity index (χ1n) is 7.09. The summed E-state index contributed by atoms with van der Waals surface area (Å²) in [6.07, 6.45) is 9.96. The Morgan fingerprint density at radius 2 is 1.88 bits per heavy atom. The van der Waals surface area contributed by atoms with Gasteiger partial charge in [-0.15, -0.1) is 0 Å². The average Bonchev–Trinajstić information content (AvgIpc) is 2.78. The minimum Gasteiger partial charge on any atom is -0.311 e. The van der Waals surface area contributed by atoms with E-state index in [0.717, 1.165) is 19.6 Å². The Bertz CT molecular complexity index is 281. The third-order valence-corrected chi connectivity index (χ3v) is 3.08. The van der Waals surface area contributed by atoms with Crippen LogP contribution in [0, 0.1) is 0 Å². The molecule has 0 unspecified atom stereocenters. The molecule has 98 valence electrons. The van der Waals surface area contributed by atoms with E-state index in [4.69, 9.17) is 0 Å². The molecule has 0 aliphatic carbocycles. The van der Waals surface area contributed by atoms with Crippen LogP contribution in [-0.2, 0) is 13.1 Å². The summed E-state index contributed by atoms with van der Waals surface area (Å²) in [5.74, 6) is 0. The van der Waals surface area contributed by atoms with Crippen LogP contribution in [0.4, 0.5) is 0 Å². The van der Waals surface area contributed by atoms with Gasteiger partial charge in [0.2, 0.25) is 0 Å². The third-order valence-electron chi connectivity index (χ3n) is 3.08. The van der Waals surface area contributed by atoms with Gasteiger partial charge < -0.3 is 5.32 Å². The van der Waals surface area contributed by atoms with E-state index in [1.807, 2.05) is 6.20 Å². The summed E-state index contributed by atoms with van der Waals surface area (Å²) in [4.78, 5) is 0. The molecular weight excluding hydrogens is 210 g/mol. The van der Waals surface area contributed by atoms with Crippen LogP contribution in [0.1, 0.15) is 58.1 Å². The molecule has 1 heterocycles. The summed E-state index contributed by atoms with van der Waals surface area (Å²) in [6, 6.07) is 2.11. The lowest BCUT2D eigenvalue weighted by molar-refractivity contribution is 0.505. The molecule has 1 aromatic heterocycles. The van der Waals surface area contributed by atoms with E-state index < -0.39 is 0 Å². The van der Waals surface area contributed by atoms with Crippen LogP contribution >= 0.6 is 0 Å². The Morgan fingerprint density at radius 1 is 1.12 bits per heavy atom. The molecule has 1 aromatic rings. The predicted molar refractivity (Wildman–Crippen MR) is 73.0 cm³/mol. The second-order valence-corrected chi connectivity index (χ2v) is 4.59. The molecule has 1 rings (SSSR count). The van der Waals surface area contributed by atoms with Gasteiger partial charge >= 0.3 is 0 Å². The van der Waals surface area contributed by atoms with Crippen molar-refractivity contribution in [1.29, 1.82) is 0 Å². The molecule has 17 heavy (non-hydrogen) atoms. The minimum atomic E-state index is 0.937. The first-order chi connectivity index (χ1) is 8.38. The Balaban J connectivity index is 2.15. The number of unbranched alkanes of at least 4 members (excludes halogenated alkanes) is 5. The third kappa shape index (κ3) is 5.87. The van der Waals surface area contributed by atoms with Crippen molar-refractivity contribution in [1.82, 2.24) is 15.1 Å². The van der Waals surface area contributed by atoms with Gasteiger partial charge in [0.05, 0.1) is 5.69 Å². The monoisotopic (exact) mass is 237 g/mol. The molecular formula is C14H27N3. The highest BCUT2D eigenvalue weighted by Gasteiger charge is 2.00. The Kier molecular flexibility index (Phi) is 7.72. The molecule has 0 fully saturated rings. The molecule has 3 heteroatoms. The molecule has 1 N–H and O–H groups in total. The zero-order valence-corrected chi connectivity index (χ0v) is 11.4. The molecule has 0 atom stereocenters. The van der Waals surface area contributed by atoms with Crippen molar-refractivity contribution in [2.45, 2.75) is 65.5 Å². The number of aromatic nitrogens is 2. The number of nitrogens with one attached hydrogen (secondary N) is 1. The predicted octanol–water partition coefficient (Wildman–Crippen LogP) is 3.35.